The Kier molecular flexibility index (Phi) is 8.50. The first-order valence-electron chi connectivity index (χ1n) is 11.2. The quantitative estimate of drug-likeness (QED) is 0.588. The molecule has 1 heterocycles. The lowest BCUT2D eigenvalue weighted by Gasteiger charge is -2.28. The zero-order valence-corrected chi connectivity index (χ0v) is 19.3. The van der Waals surface area contributed by atoms with Crippen molar-refractivity contribution in [1.82, 2.24) is 15.5 Å². The van der Waals surface area contributed by atoms with Crippen LogP contribution >= 0.6 is 0 Å². The normalized spacial score (nSPS) is 14.6. The lowest BCUT2D eigenvalue weighted by atomic mass is 10.0. The number of rotatable bonds is 9. The Morgan fingerprint density at radius 2 is 1.59 bits per heavy atom. The molecule has 172 valence electrons. The molecule has 2 aromatic rings. The van der Waals surface area contributed by atoms with E-state index in [0.717, 1.165) is 48.5 Å². The number of carbonyl (C=O) groups is 2. The minimum Gasteiger partial charge on any atom is -0.497 e. The molecule has 2 amide bonds. The number of hydrogen-bond acceptors (Lipinski definition) is 5. The maximum atomic E-state index is 12.4. The van der Waals surface area contributed by atoms with E-state index in [2.05, 4.69) is 44.7 Å². The van der Waals surface area contributed by atoms with Crippen molar-refractivity contribution in [2.75, 3.05) is 52.3 Å². The number of anilines is 1. The number of methoxy groups -OCH3 is 1. The highest BCUT2D eigenvalue weighted by Gasteiger charge is 2.25. The number of benzene rings is 2. The van der Waals surface area contributed by atoms with Gasteiger partial charge < -0.3 is 20.3 Å². The number of amides is 2. The zero-order chi connectivity index (χ0) is 22.9. The first kappa shape index (κ1) is 23.6. The molecule has 0 aliphatic carbocycles. The molecule has 1 saturated heterocycles. The van der Waals surface area contributed by atoms with E-state index in [1.54, 1.807) is 7.11 Å². The molecule has 32 heavy (non-hydrogen) atoms. The highest BCUT2D eigenvalue weighted by atomic mass is 16.5. The molecule has 7 nitrogen and oxygen atoms in total. The van der Waals surface area contributed by atoms with E-state index in [-0.39, 0.29) is 6.04 Å². The van der Waals surface area contributed by atoms with Crippen LogP contribution in [0.1, 0.15) is 30.0 Å². The number of hydrogen-bond donors (Lipinski definition) is 2. The minimum atomic E-state index is -0.596. The summed E-state index contributed by atoms with van der Waals surface area (Å²) in [5.41, 5.74) is 3.36. The first-order chi connectivity index (χ1) is 15.5. The van der Waals surface area contributed by atoms with Gasteiger partial charge in [-0.2, -0.15) is 0 Å². The van der Waals surface area contributed by atoms with E-state index >= 15 is 0 Å². The van der Waals surface area contributed by atoms with Crippen molar-refractivity contribution in [2.24, 2.45) is 0 Å². The molecule has 1 atom stereocenters. The van der Waals surface area contributed by atoms with Crippen LogP contribution in [0.25, 0.3) is 0 Å². The Labute approximate surface area is 190 Å². The Morgan fingerprint density at radius 1 is 0.969 bits per heavy atom. The summed E-state index contributed by atoms with van der Waals surface area (Å²) in [5.74, 6) is -0.392. The predicted octanol–water partition coefficient (Wildman–Crippen LogP) is 2.37. The van der Waals surface area contributed by atoms with Crippen LogP contribution in [0.3, 0.4) is 0 Å². The molecule has 1 aliphatic rings. The number of nitrogens with one attached hydrogen (secondary N) is 2. The topological polar surface area (TPSA) is 73.9 Å². The van der Waals surface area contributed by atoms with E-state index in [0.29, 0.717) is 19.5 Å². The third-order valence-electron chi connectivity index (χ3n) is 5.90. The third-order valence-corrected chi connectivity index (χ3v) is 5.90. The van der Waals surface area contributed by atoms with Crippen molar-refractivity contribution in [1.29, 1.82) is 0 Å². The number of carbonyl (C=O) groups excluding carboxylic acids is 2. The van der Waals surface area contributed by atoms with Gasteiger partial charge in [0.05, 0.1) is 13.2 Å². The van der Waals surface area contributed by atoms with Crippen LogP contribution in [0.5, 0.6) is 5.75 Å². The second kappa shape index (κ2) is 11.5. The molecule has 0 radical (unpaired) electrons. The van der Waals surface area contributed by atoms with Gasteiger partial charge in [-0.1, -0.05) is 24.3 Å². The Hall–Kier alpha value is -3.06. The second-order valence-electron chi connectivity index (χ2n) is 8.31. The molecule has 1 fully saturated rings. The highest BCUT2D eigenvalue weighted by Crippen LogP contribution is 2.26. The largest absolute Gasteiger partial charge is 0.497 e. The Bertz CT molecular complexity index is 875. The van der Waals surface area contributed by atoms with Crippen molar-refractivity contribution < 1.29 is 14.3 Å². The second-order valence-corrected chi connectivity index (χ2v) is 8.31. The van der Waals surface area contributed by atoms with E-state index in [9.17, 15) is 9.59 Å². The molecule has 0 aromatic heterocycles. The monoisotopic (exact) mass is 438 g/mol. The van der Waals surface area contributed by atoms with Crippen molar-refractivity contribution in [3.63, 3.8) is 0 Å². The maximum Gasteiger partial charge on any atom is 0.309 e. The predicted molar refractivity (Wildman–Crippen MR) is 127 cm³/mol. The van der Waals surface area contributed by atoms with E-state index in [4.69, 9.17) is 4.74 Å². The van der Waals surface area contributed by atoms with Crippen LogP contribution in [-0.4, -0.2) is 64.1 Å². The minimum absolute atomic E-state index is 0.0600. The average Bonchev–Trinajstić information content (AvgIpc) is 3.34. The van der Waals surface area contributed by atoms with Crippen molar-refractivity contribution in [2.45, 2.75) is 25.3 Å². The van der Waals surface area contributed by atoms with Crippen LogP contribution in [0, 0.1) is 0 Å². The number of ether oxygens (including phenoxy) is 1. The summed E-state index contributed by atoms with van der Waals surface area (Å²) in [4.78, 5) is 29.1. The molecule has 2 N–H and O–H groups in total. The molecule has 0 bridgehead atoms. The maximum absolute atomic E-state index is 12.4. The summed E-state index contributed by atoms with van der Waals surface area (Å²) in [6.45, 7) is 2.82. The molecule has 7 heteroatoms. The Morgan fingerprint density at radius 3 is 2.19 bits per heavy atom. The van der Waals surface area contributed by atoms with Crippen molar-refractivity contribution >= 4 is 17.5 Å². The van der Waals surface area contributed by atoms with Crippen LogP contribution in [0.15, 0.2) is 48.5 Å². The molecule has 0 saturated carbocycles. The van der Waals surface area contributed by atoms with E-state index in [1.807, 2.05) is 38.4 Å². The number of likely N-dealkylation sites (tertiary alicyclic amines) is 1. The van der Waals surface area contributed by atoms with Gasteiger partial charge in [0, 0.05) is 32.9 Å². The van der Waals surface area contributed by atoms with Gasteiger partial charge in [0.25, 0.3) is 0 Å². The van der Waals surface area contributed by atoms with Gasteiger partial charge in [-0.3, -0.25) is 14.5 Å². The van der Waals surface area contributed by atoms with Gasteiger partial charge in [-0.05, 0) is 67.7 Å². The lowest BCUT2D eigenvalue weighted by Crippen LogP contribution is -2.44. The molecule has 0 spiro atoms. The summed E-state index contributed by atoms with van der Waals surface area (Å²) in [5, 5.41) is 5.55. The molecular weight excluding hydrogens is 404 g/mol. The van der Waals surface area contributed by atoms with Crippen LogP contribution in [0.2, 0.25) is 0 Å². The first-order valence-corrected chi connectivity index (χ1v) is 11.2. The van der Waals surface area contributed by atoms with Gasteiger partial charge >= 0.3 is 11.8 Å². The van der Waals surface area contributed by atoms with Crippen LogP contribution in [-0.2, 0) is 16.0 Å². The molecule has 2 aromatic carbocycles. The fourth-order valence-electron chi connectivity index (χ4n) is 3.97. The van der Waals surface area contributed by atoms with Crippen LogP contribution in [0.4, 0.5) is 5.69 Å². The van der Waals surface area contributed by atoms with Crippen LogP contribution < -0.4 is 20.3 Å². The van der Waals surface area contributed by atoms with Gasteiger partial charge in [0.1, 0.15) is 5.75 Å². The van der Waals surface area contributed by atoms with Gasteiger partial charge in [-0.25, -0.2) is 0 Å². The summed E-state index contributed by atoms with van der Waals surface area (Å²) >= 11 is 0. The molecule has 1 aliphatic heterocycles. The SMILES string of the molecule is COc1ccc(CCNC(=O)C(=O)NCC(c2ccc(N(C)C)cc2)N2CCCC2)cc1. The summed E-state index contributed by atoms with van der Waals surface area (Å²) in [7, 11) is 5.65. The van der Waals surface area contributed by atoms with Gasteiger partial charge in [-0.15, -0.1) is 0 Å². The Balaban J connectivity index is 1.51. The molecular formula is C25H34N4O3. The third kappa shape index (κ3) is 6.47. The molecule has 3 rings (SSSR count). The van der Waals surface area contributed by atoms with Gasteiger partial charge in [0.15, 0.2) is 0 Å². The molecule has 1 unspecified atom stereocenters. The van der Waals surface area contributed by atoms with Crippen molar-refractivity contribution in [3.05, 3.63) is 59.7 Å². The standard InChI is InChI=1S/C25H34N4O3/c1-28(2)21-10-8-20(9-11-21)23(29-16-4-5-17-29)18-27-25(31)24(30)26-15-14-19-6-12-22(32-3)13-7-19/h6-13,23H,4-5,14-18H2,1-3H3,(H,26,30)(H,27,31). The fourth-order valence-corrected chi connectivity index (χ4v) is 3.97. The van der Waals surface area contributed by atoms with Crippen molar-refractivity contribution in [3.8, 4) is 5.75 Å². The zero-order valence-electron chi connectivity index (χ0n) is 19.3. The number of nitrogens with zero attached hydrogens (tertiary/aromatic N) is 2. The summed E-state index contributed by atoms with van der Waals surface area (Å²) < 4.78 is 5.15. The van der Waals surface area contributed by atoms with E-state index in [1.165, 1.54) is 0 Å². The fraction of sp³-hybridized carbons (Fsp3) is 0.440. The lowest BCUT2D eigenvalue weighted by molar-refractivity contribution is -0.139. The summed E-state index contributed by atoms with van der Waals surface area (Å²) in [6.07, 6.45) is 2.97. The van der Waals surface area contributed by atoms with E-state index < -0.39 is 11.8 Å². The van der Waals surface area contributed by atoms with Gasteiger partial charge in [0.2, 0.25) is 0 Å². The highest BCUT2D eigenvalue weighted by molar-refractivity contribution is 6.35. The smallest absolute Gasteiger partial charge is 0.309 e. The average molecular weight is 439 g/mol. The summed E-state index contributed by atoms with van der Waals surface area (Å²) in [6, 6.07) is 16.1.